The molecule has 0 aliphatic heterocycles. The van der Waals surface area contributed by atoms with Crippen molar-refractivity contribution in [1.82, 2.24) is 4.98 Å². The second-order valence-corrected chi connectivity index (χ2v) is 6.59. The average molecular weight is 297 g/mol. The zero-order valence-corrected chi connectivity index (χ0v) is 12.5. The summed E-state index contributed by atoms with van der Waals surface area (Å²) in [5.74, 6) is -1.87. The first kappa shape index (κ1) is 15.0. The van der Waals surface area contributed by atoms with Crippen molar-refractivity contribution in [2.75, 3.05) is 7.11 Å². The van der Waals surface area contributed by atoms with Crippen molar-refractivity contribution in [1.29, 1.82) is 0 Å². The van der Waals surface area contributed by atoms with Crippen LogP contribution in [0.3, 0.4) is 0 Å². The summed E-state index contributed by atoms with van der Waals surface area (Å²) in [5, 5.41) is 10.6. The van der Waals surface area contributed by atoms with Crippen LogP contribution in [0, 0.1) is 18.3 Å². The van der Waals surface area contributed by atoms with Crippen LogP contribution in [0.4, 0.5) is 0 Å². The van der Waals surface area contributed by atoms with E-state index in [0.717, 1.165) is 35.6 Å². The molecule has 110 valence electrons. The topological polar surface area (TPSA) is 76.5 Å². The number of carboxylic acid groups (broad SMARTS) is 1. The number of ether oxygens (including phenoxy) is 1. The van der Waals surface area contributed by atoms with Gasteiger partial charge in [0, 0.05) is 17.5 Å². The normalized spacial score (nSPS) is 18.7. The fourth-order valence-corrected chi connectivity index (χ4v) is 3.97. The van der Waals surface area contributed by atoms with Crippen molar-refractivity contribution in [3.8, 4) is 0 Å². The molecule has 1 heterocycles. The zero-order chi connectivity index (χ0) is 14.8. The van der Waals surface area contributed by atoms with Crippen LogP contribution in [0.1, 0.15) is 35.6 Å². The van der Waals surface area contributed by atoms with Crippen LogP contribution in [0.5, 0.6) is 0 Å². The highest BCUT2D eigenvalue weighted by Gasteiger charge is 2.54. The largest absolute Gasteiger partial charge is 0.480 e. The Morgan fingerprint density at radius 2 is 2.15 bits per heavy atom. The van der Waals surface area contributed by atoms with E-state index in [9.17, 15) is 14.7 Å². The fourth-order valence-electron chi connectivity index (χ4n) is 3.08. The van der Waals surface area contributed by atoms with Crippen LogP contribution in [0.15, 0.2) is 6.20 Å². The van der Waals surface area contributed by atoms with Gasteiger partial charge in [0.25, 0.3) is 0 Å². The number of carbonyl (C=O) groups excluding carboxylic acids is 1. The molecule has 5 nitrogen and oxygen atoms in total. The summed E-state index contributed by atoms with van der Waals surface area (Å²) in [7, 11) is 1.26. The Hall–Kier alpha value is -1.43. The predicted molar refractivity (Wildman–Crippen MR) is 74.6 cm³/mol. The molecule has 0 saturated heterocycles. The molecule has 1 N–H and O–H groups in total. The van der Waals surface area contributed by atoms with Gasteiger partial charge in [-0.15, -0.1) is 11.3 Å². The number of nitrogens with zero attached hydrogens (tertiary/aromatic N) is 1. The number of aryl methyl sites for hydroxylation is 1. The van der Waals surface area contributed by atoms with Gasteiger partial charge in [0.2, 0.25) is 0 Å². The SMILES string of the molecule is COC(=O)C(Cc1cnc(C)s1)(C(=O)O)C1CCCC1. The molecule has 0 aromatic carbocycles. The van der Waals surface area contributed by atoms with Gasteiger partial charge in [-0.05, 0) is 25.7 Å². The summed E-state index contributed by atoms with van der Waals surface area (Å²) in [5.41, 5.74) is -1.47. The lowest BCUT2D eigenvalue weighted by molar-refractivity contribution is -0.171. The minimum absolute atomic E-state index is 0.158. The minimum atomic E-state index is -1.47. The summed E-state index contributed by atoms with van der Waals surface area (Å²) in [6.07, 6.45) is 5.30. The molecule has 1 aliphatic rings. The molecule has 20 heavy (non-hydrogen) atoms. The number of rotatable bonds is 5. The van der Waals surface area contributed by atoms with Crippen molar-refractivity contribution < 1.29 is 19.4 Å². The molecule has 1 saturated carbocycles. The molecule has 0 spiro atoms. The summed E-state index contributed by atoms with van der Waals surface area (Å²) < 4.78 is 4.83. The highest BCUT2D eigenvalue weighted by atomic mass is 32.1. The first-order chi connectivity index (χ1) is 9.50. The lowest BCUT2D eigenvalue weighted by Gasteiger charge is -2.31. The smallest absolute Gasteiger partial charge is 0.323 e. The zero-order valence-electron chi connectivity index (χ0n) is 11.7. The van der Waals surface area contributed by atoms with E-state index in [1.54, 1.807) is 6.20 Å². The van der Waals surface area contributed by atoms with Crippen molar-refractivity contribution in [3.05, 3.63) is 16.1 Å². The van der Waals surface area contributed by atoms with Crippen LogP contribution in [0.25, 0.3) is 0 Å². The highest BCUT2D eigenvalue weighted by Crippen LogP contribution is 2.44. The molecule has 0 bridgehead atoms. The summed E-state index contributed by atoms with van der Waals surface area (Å²) >= 11 is 1.44. The number of methoxy groups -OCH3 is 1. The molecule has 1 aliphatic carbocycles. The molecule has 1 aromatic rings. The van der Waals surface area contributed by atoms with Gasteiger partial charge in [-0.25, -0.2) is 4.98 Å². The van der Waals surface area contributed by atoms with E-state index in [-0.39, 0.29) is 12.3 Å². The van der Waals surface area contributed by atoms with Gasteiger partial charge in [-0.2, -0.15) is 0 Å². The Morgan fingerprint density at radius 1 is 1.50 bits per heavy atom. The molecule has 0 radical (unpaired) electrons. The number of carboxylic acids is 1. The third kappa shape index (κ3) is 2.57. The van der Waals surface area contributed by atoms with Gasteiger partial charge in [0.1, 0.15) is 0 Å². The number of esters is 1. The van der Waals surface area contributed by atoms with Gasteiger partial charge >= 0.3 is 11.9 Å². The summed E-state index contributed by atoms with van der Waals surface area (Å²) in [6.45, 7) is 1.87. The standard InChI is InChI=1S/C14H19NO4S/c1-9-15-8-11(20-9)7-14(12(16)17,13(18)19-2)10-5-3-4-6-10/h8,10H,3-7H2,1-2H3,(H,16,17). The number of aromatic nitrogens is 1. The van der Waals surface area contributed by atoms with E-state index in [2.05, 4.69) is 4.98 Å². The fraction of sp³-hybridized carbons (Fsp3) is 0.643. The molecular formula is C14H19NO4S. The second kappa shape index (κ2) is 5.91. The Bertz CT molecular complexity index is 507. The van der Waals surface area contributed by atoms with E-state index in [0.29, 0.717) is 0 Å². The van der Waals surface area contributed by atoms with Gasteiger partial charge in [-0.1, -0.05) is 12.8 Å². The predicted octanol–water partition coefficient (Wildman–Crippen LogP) is 2.43. The molecule has 6 heteroatoms. The van der Waals surface area contributed by atoms with Crippen molar-refractivity contribution in [2.45, 2.75) is 39.0 Å². The van der Waals surface area contributed by atoms with Crippen LogP contribution >= 0.6 is 11.3 Å². The maximum absolute atomic E-state index is 12.3. The maximum atomic E-state index is 12.3. The first-order valence-electron chi connectivity index (χ1n) is 6.74. The maximum Gasteiger partial charge on any atom is 0.323 e. The molecule has 2 rings (SSSR count). The third-order valence-corrected chi connectivity index (χ3v) is 5.02. The number of hydrogen-bond acceptors (Lipinski definition) is 5. The second-order valence-electron chi connectivity index (χ2n) is 5.27. The molecular weight excluding hydrogens is 278 g/mol. The van der Waals surface area contributed by atoms with E-state index < -0.39 is 17.4 Å². The van der Waals surface area contributed by atoms with Crippen LogP contribution in [0.2, 0.25) is 0 Å². The Balaban J connectivity index is 2.39. The van der Waals surface area contributed by atoms with E-state index in [1.165, 1.54) is 18.4 Å². The minimum Gasteiger partial charge on any atom is -0.480 e. The molecule has 1 fully saturated rings. The third-order valence-electron chi connectivity index (χ3n) is 4.11. The lowest BCUT2D eigenvalue weighted by Crippen LogP contribution is -2.47. The summed E-state index contributed by atoms with van der Waals surface area (Å²) in [4.78, 5) is 29.1. The van der Waals surface area contributed by atoms with E-state index >= 15 is 0 Å². The first-order valence-corrected chi connectivity index (χ1v) is 7.55. The molecule has 1 aromatic heterocycles. The number of aliphatic carboxylic acids is 1. The van der Waals surface area contributed by atoms with Gasteiger partial charge in [0.05, 0.1) is 12.1 Å². The average Bonchev–Trinajstić information content (AvgIpc) is 3.06. The van der Waals surface area contributed by atoms with Crippen LogP contribution in [-0.2, 0) is 20.7 Å². The molecule has 0 amide bonds. The molecule has 1 atom stereocenters. The van der Waals surface area contributed by atoms with Crippen LogP contribution < -0.4 is 0 Å². The van der Waals surface area contributed by atoms with Crippen molar-refractivity contribution in [2.24, 2.45) is 11.3 Å². The van der Waals surface area contributed by atoms with E-state index in [1.807, 2.05) is 6.92 Å². The Morgan fingerprint density at radius 3 is 2.60 bits per heavy atom. The van der Waals surface area contributed by atoms with Gasteiger partial charge < -0.3 is 9.84 Å². The van der Waals surface area contributed by atoms with Crippen molar-refractivity contribution >= 4 is 23.3 Å². The van der Waals surface area contributed by atoms with E-state index in [4.69, 9.17) is 4.74 Å². The lowest BCUT2D eigenvalue weighted by atomic mass is 9.71. The van der Waals surface area contributed by atoms with Gasteiger partial charge in [0.15, 0.2) is 5.41 Å². The van der Waals surface area contributed by atoms with Crippen molar-refractivity contribution in [3.63, 3.8) is 0 Å². The molecule has 1 unspecified atom stereocenters. The number of thiazole rings is 1. The number of carbonyl (C=O) groups is 2. The quantitative estimate of drug-likeness (QED) is 0.667. The monoisotopic (exact) mass is 297 g/mol. The Kier molecular flexibility index (Phi) is 4.42. The number of hydrogen-bond donors (Lipinski definition) is 1. The highest BCUT2D eigenvalue weighted by molar-refractivity contribution is 7.11. The Labute approximate surface area is 122 Å². The van der Waals surface area contributed by atoms with Crippen LogP contribution in [-0.4, -0.2) is 29.1 Å². The van der Waals surface area contributed by atoms with Gasteiger partial charge in [-0.3, -0.25) is 9.59 Å². The summed E-state index contributed by atoms with van der Waals surface area (Å²) in [6, 6.07) is 0.